The number of nitrogens with one attached hydrogen (secondary N) is 1. The predicted octanol–water partition coefficient (Wildman–Crippen LogP) is 2.71. The lowest BCUT2D eigenvalue weighted by Crippen LogP contribution is -2.32. The van der Waals surface area contributed by atoms with Crippen molar-refractivity contribution >= 4 is 15.7 Å². The summed E-state index contributed by atoms with van der Waals surface area (Å²) in [6.07, 6.45) is 0. The number of nitro benzene ring substituents is 1. The van der Waals surface area contributed by atoms with Crippen molar-refractivity contribution in [2.45, 2.75) is 30.7 Å². The summed E-state index contributed by atoms with van der Waals surface area (Å²) >= 11 is 0. The number of nitrogens with two attached hydrogens (primary N) is 1. The molecule has 146 valence electrons. The molecule has 1 unspecified atom stereocenters. The standard InChI is InChI=1S/C18H23N3O5S/c1-12(2)13-4-6-14(7-5-13)16(19)11-20-27(24,25)15-8-9-18(26-3)17(10-15)21(22)23/h4-10,12,16,20H,11,19H2,1-3H3. The first-order valence-corrected chi connectivity index (χ1v) is 9.81. The van der Waals surface area contributed by atoms with E-state index in [9.17, 15) is 18.5 Å². The number of nitro groups is 1. The number of methoxy groups -OCH3 is 1. The summed E-state index contributed by atoms with van der Waals surface area (Å²) < 4.78 is 32.2. The quantitative estimate of drug-likeness (QED) is 0.525. The lowest BCUT2D eigenvalue weighted by molar-refractivity contribution is -0.386. The van der Waals surface area contributed by atoms with Crippen molar-refractivity contribution in [2.75, 3.05) is 13.7 Å². The molecule has 0 amide bonds. The minimum Gasteiger partial charge on any atom is -0.490 e. The largest absolute Gasteiger partial charge is 0.490 e. The Morgan fingerprint density at radius 3 is 2.26 bits per heavy atom. The molecule has 8 nitrogen and oxygen atoms in total. The number of rotatable bonds is 8. The summed E-state index contributed by atoms with van der Waals surface area (Å²) in [5.74, 6) is 0.375. The fourth-order valence-corrected chi connectivity index (χ4v) is 3.59. The van der Waals surface area contributed by atoms with E-state index in [0.717, 1.165) is 17.2 Å². The molecule has 0 fully saturated rings. The Morgan fingerprint density at radius 1 is 1.15 bits per heavy atom. The molecule has 2 aromatic rings. The maximum Gasteiger partial charge on any atom is 0.312 e. The second-order valence-electron chi connectivity index (χ2n) is 6.37. The van der Waals surface area contributed by atoms with Gasteiger partial charge < -0.3 is 10.5 Å². The number of hydrogen-bond donors (Lipinski definition) is 2. The fraction of sp³-hybridized carbons (Fsp3) is 0.333. The maximum absolute atomic E-state index is 12.5. The van der Waals surface area contributed by atoms with Crippen molar-refractivity contribution in [2.24, 2.45) is 5.73 Å². The molecule has 0 aliphatic carbocycles. The van der Waals surface area contributed by atoms with Gasteiger partial charge in [-0.1, -0.05) is 38.1 Å². The molecule has 0 saturated carbocycles. The van der Waals surface area contributed by atoms with Crippen molar-refractivity contribution in [1.82, 2.24) is 4.72 Å². The SMILES string of the molecule is COc1ccc(S(=O)(=O)NCC(N)c2ccc(C(C)C)cc2)cc1[N+](=O)[O-]. The van der Waals surface area contributed by atoms with Gasteiger partial charge in [-0.3, -0.25) is 10.1 Å². The first-order chi connectivity index (χ1) is 12.7. The summed E-state index contributed by atoms with van der Waals surface area (Å²) in [5, 5.41) is 11.1. The third-order valence-corrected chi connectivity index (χ3v) is 5.60. The van der Waals surface area contributed by atoms with Crippen LogP contribution in [0.15, 0.2) is 47.4 Å². The number of benzene rings is 2. The first kappa shape index (κ1) is 20.8. The van der Waals surface area contributed by atoms with Crippen LogP contribution < -0.4 is 15.2 Å². The summed E-state index contributed by atoms with van der Waals surface area (Å²) in [7, 11) is -2.68. The Balaban J connectivity index is 2.14. The zero-order chi connectivity index (χ0) is 20.2. The molecule has 0 aliphatic heterocycles. The van der Waals surface area contributed by atoms with Crippen LogP contribution in [0.3, 0.4) is 0 Å². The first-order valence-electron chi connectivity index (χ1n) is 8.33. The van der Waals surface area contributed by atoms with Crippen LogP contribution in [0.2, 0.25) is 0 Å². The van der Waals surface area contributed by atoms with Gasteiger partial charge >= 0.3 is 5.69 Å². The smallest absolute Gasteiger partial charge is 0.312 e. The van der Waals surface area contributed by atoms with Gasteiger partial charge in [0, 0.05) is 18.7 Å². The van der Waals surface area contributed by atoms with Crippen LogP contribution in [0, 0.1) is 10.1 Å². The molecule has 0 aliphatic rings. The van der Waals surface area contributed by atoms with Gasteiger partial charge in [-0.05, 0) is 29.2 Å². The van der Waals surface area contributed by atoms with E-state index in [0.29, 0.717) is 5.92 Å². The van der Waals surface area contributed by atoms with Crippen LogP contribution >= 0.6 is 0 Å². The Hall–Kier alpha value is -2.49. The van der Waals surface area contributed by atoms with Gasteiger partial charge in [-0.2, -0.15) is 0 Å². The van der Waals surface area contributed by atoms with Crippen LogP contribution in [0.5, 0.6) is 5.75 Å². The zero-order valence-electron chi connectivity index (χ0n) is 15.4. The summed E-state index contributed by atoms with van der Waals surface area (Å²) in [4.78, 5) is 10.2. The monoisotopic (exact) mass is 393 g/mol. The maximum atomic E-state index is 12.5. The summed E-state index contributed by atoms with van der Waals surface area (Å²) in [6.45, 7) is 4.12. The second-order valence-corrected chi connectivity index (χ2v) is 8.14. The van der Waals surface area contributed by atoms with Gasteiger partial charge in [0.25, 0.3) is 0 Å². The van der Waals surface area contributed by atoms with Crippen molar-refractivity contribution in [3.8, 4) is 5.75 Å². The topological polar surface area (TPSA) is 125 Å². The second kappa shape index (κ2) is 8.47. The van der Waals surface area contributed by atoms with Crippen molar-refractivity contribution < 1.29 is 18.1 Å². The van der Waals surface area contributed by atoms with E-state index < -0.39 is 26.7 Å². The number of nitrogens with zero attached hydrogens (tertiary/aromatic N) is 1. The van der Waals surface area contributed by atoms with Gasteiger partial charge in [0.1, 0.15) is 0 Å². The van der Waals surface area contributed by atoms with Crippen LogP contribution in [0.1, 0.15) is 36.9 Å². The average Bonchev–Trinajstić information content (AvgIpc) is 2.65. The molecule has 2 aromatic carbocycles. The lowest BCUT2D eigenvalue weighted by Gasteiger charge is -2.15. The highest BCUT2D eigenvalue weighted by Crippen LogP contribution is 2.29. The molecule has 0 saturated heterocycles. The van der Waals surface area contributed by atoms with Gasteiger partial charge in [0.05, 0.1) is 16.9 Å². The molecule has 9 heteroatoms. The van der Waals surface area contributed by atoms with Crippen molar-refractivity contribution in [3.63, 3.8) is 0 Å². The molecule has 3 N–H and O–H groups in total. The Labute approximate surface area is 158 Å². The Kier molecular flexibility index (Phi) is 6.53. The molecule has 0 bridgehead atoms. The minimum absolute atomic E-state index is 0.0131. The number of hydrogen-bond acceptors (Lipinski definition) is 6. The molecule has 2 rings (SSSR count). The molecular weight excluding hydrogens is 370 g/mol. The van der Waals surface area contributed by atoms with E-state index in [1.165, 1.54) is 19.2 Å². The highest BCUT2D eigenvalue weighted by atomic mass is 32.2. The molecule has 0 heterocycles. The molecular formula is C18H23N3O5S. The van der Waals surface area contributed by atoms with Crippen molar-refractivity contribution in [3.05, 3.63) is 63.7 Å². The number of sulfonamides is 1. The van der Waals surface area contributed by atoms with Gasteiger partial charge in [0.15, 0.2) is 5.75 Å². The van der Waals surface area contributed by atoms with Gasteiger partial charge in [-0.15, -0.1) is 0 Å². The average molecular weight is 393 g/mol. The molecule has 0 aromatic heterocycles. The highest BCUT2D eigenvalue weighted by molar-refractivity contribution is 7.89. The van der Waals surface area contributed by atoms with E-state index >= 15 is 0 Å². The number of ether oxygens (including phenoxy) is 1. The third-order valence-electron chi connectivity index (χ3n) is 4.18. The Morgan fingerprint density at radius 2 is 1.74 bits per heavy atom. The van der Waals surface area contributed by atoms with Crippen LogP contribution in [-0.4, -0.2) is 27.0 Å². The van der Waals surface area contributed by atoms with E-state index in [1.54, 1.807) is 0 Å². The lowest BCUT2D eigenvalue weighted by atomic mass is 9.99. The molecule has 0 radical (unpaired) electrons. The third kappa shape index (κ3) is 5.03. The molecule has 27 heavy (non-hydrogen) atoms. The zero-order valence-corrected chi connectivity index (χ0v) is 16.2. The van der Waals surface area contributed by atoms with E-state index in [1.807, 2.05) is 24.3 Å². The van der Waals surface area contributed by atoms with Crippen LogP contribution in [0.4, 0.5) is 5.69 Å². The fourth-order valence-electron chi connectivity index (χ4n) is 2.51. The van der Waals surface area contributed by atoms with Crippen LogP contribution in [-0.2, 0) is 10.0 Å². The molecule has 0 spiro atoms. The van der Waals surface area contributed by atoms with E-state index in [2.05, 4.69) is 18.6 Å². The van der Waals surface area contributed by atoms with Gasteiger partial charge in [-0.25, -0.2) is 13.1 Å². The van der Waals surface area contributed by atoms with Crippen molar-refractivity contribution in [1.29, 1.82) is 0 Å². The van der Waals surface area contributed by atoms with E-state index in [4.69, 9.17) is 10.5 Å². The summed E-state index contributed by atoms with van der Waals surface area (Å²) in [5.41, 5.74) is 7.61. The predicted molar refractivity (Wildman–Crippen MR) is 102 cm³/mol. The molecule has 1 atom stereocenters. The normalized spacial score (nSPS) is 12.8. The minimum atomic E-state index is -3.96. The Bertz CT molecular complexity index is 911. The van der Waals surface area contributed by atoms with Crippen LogP contribution in [0.25, 0.3) is 0 Å². The van der Waals surface area contributed by atoms with E-state index in [-0.39, 0.29) is 17.2 Å². The summed E-state index contributed by atoms with van der Waals surface area (Å²) in [6, 6.07) is 10.6. The highest BCUT2D eigenvalue weighted by Gasteiger charge is 2.22. The van der Waals surface area contributed by atoms with Gasteiger partial charge in [0.2, 0.25) is 10.0 Å².